The van der Waals surface area contributed by atoms with E-state index in [4.69, 9.17) is 5.11 Å². The molecule has 0 unspecified atom stereocenters. The monoisotopic (exact) mass is 306 g/mol. The Morgan fingerprint density at radius 2 is 2.00 bits per heavy atom. The highest BCUT2D eigenvalue weighted by Gasteiger charge is 2.53. The Morgan fingerprint density at radius 1 is 1.32 bits per heavy atom. The number of hydrogen-bond acceptors (Lipinski definition) is 2. The second-order valence-electron chi connectivity index (χ2n) is 8.62. The highest BCUT2D eigenvalue weighted by atomic mass is 16.3. The van der Waals surface area contributed by atoms with Gasteiger partial charge in [0.25, 0.3) is 0 Å². The van der Waals surface area contributed by atoms with Crippen LogP contribution in [0.15, 0.2) is 23.3 Å². The first-order valence-electron chi connectivity index (χ1n) is 8.82. The van der Waals surface area contributed by atoms with Crippen LogP contribution in [0.5, 0.6) is 0 Å². The average molecular weight is 306 g/mol. The van der Waals surface area contributed by atoms with E-state index in [-0.39, 0.29) is 23.5 Å². The van der Waals surface area contributed by atoms with Crippen molar-refractivity contribution in [2.24, 2.45) is 22.7 Å². The zero-order chi connectivity index (χ0) is 16.5. The third-order valence-electron chi connectivity index (χ3n) is 6.46. The molecule has 2 aliphatic carbocycles. The summed E-state index contributed by atoms with van der Waals surface area (Å²) in [5.74, 6) is 1.20. The molecule has 0 aromatic heterocycles. The summed E-state index contributed by atoms with van der Waals surface area (Å²) in [4.78, 5) is 0. The molecule has 0 radical (unpaired) electrons. The molecule has 22 heavy (non-hydrogen) atoms. The first-order chi connectivity index (χ1) is 10.2. The standard InChI is InChI=1S/C20H34O2/c1-14(10-11-21)6-8-17-15(2)7-9-18-19(3,4)12-16(22)13-20(17,18)5/h7,10,16-18,21-22H,6,8-9,11-13H2,1-5H3/b14-10+/t16-,17-,18-,20+/m1/s1. The van der Waals surface area contributed by atoms with Crippen molar-refractivity contribution >= 4 is 0 Å². The van der Waals surface area contributed by atoms with Gasteiger partial charge in [0, 0.05) is 0 Å². The summed E-state index contributed by atoms with van der Waals surface area (Å²) in [6.07, 6.45) is 9.37. The molecule has 2 nitrogen and oxygen atoms in total. The van der Waals surface area contributed by atoms with Gasteiger partial charge in [-0.2, -0.15) is 0 Å². The van der Waals surface area contributed by atoms with Crippen LogP contribution in [0.25, 0.3) is 0 Å². The van der Waals surface area contributed by atoms with Gasteiger partial charge >= 0.3 is 0 Å². The molecule has 1 fully saturated rings. The normalized spacial score (nSPS) is 38.4. The summed E-state index contributed by atoms with van der Waals surface area (Å²) in [6, 6.07) is 0. The topological polar surface area (TPSA) is 40.5 Å². The van der Waals surface area contributed by atoms with Gasteiger partial charge in [-0.3, -0.25) is 0 Å². The van der Waals surface area contributed by atoms with Crippen LogP contribution in [0.2, 0.25) is 0 Å². The van der Waals surface area contributed by atoms with E-state index in [0.29, 0.717) is 11.8 Å². The lowest BCUT2D eigenvalue weighted by Gasteiger charge is -2.58. The fraction of sp³-hybridized carbons (Fsp3) is 0.800. The van der Waals surface area contributed by atoms with Gasteiger partial charge in [0.2, 0.25) is 0 Å². The number of allylic oxidation sites excluding steroid dienone is 3. The van der Waals surface area contributed by atoms with Crippen LogP contribution in [0.4, 0.5) is 0 Å². The first kappa shape index (κ1) is 17.7. The summed E-state index contributed by atoms with van der Waals surface area (Å²) in [5.41, 5.74) is 3.18. The van der Waals surface area contributed by atoms with Crippen molar-refractivity contribution in [2.75, 3.05) is 6.61 Å². The minimum Gasteiger partial charge on any atom is -0.393 e. The summed E-state index contributed by atoms with van der Waals surface area (Å²) in [7, 11) is 0. The lowest BCUT2D eigenvalue weighted by Crippen LogP contribution is -2.52. The van der Waals surface area contributed by atoms with E-state index in [1.807, 2.05) is 6.08 Å². The minimum atomic E-state index is -0.168. The number of aliphatic hydroxyl groups is 2. The second kappa shape index (κ2) is 6.49. The average Bonchev–Trinajstić information content (AvgIpc) is 2.35. The van der Waals surface area contributed by atoms with Crippen LogP contribution in [0.3, 0.4) is 0 Å². The van der Waals surface area contributed by atoms with Crippen molar-refractivity contribution in [3.63, 3.8) is 0 Å². The summed E-state index contributed by atoms with van der Waals surface area (Å²) in [5, 5.41) is 19.5. The maximum atomic E-state index is 10.5. The van der Waals surface area contributed by atoms with Crippen molar-refractivity contribution in [2.45, 2.75) is 72.8 Å². The van der Waals surface area contributed by atoms with E-state index in [1.54, 1.807) is 0 Å². The van der Waals surface area contributed by atoms with Gasteiger partial charge in [-0.25, -0.2) is 0 Å². The Morgan fingerprint density at radius 3 is 2.64 bits per heavy atom. The lowest BCUT2D eigenvalue weighted by atomic mass is 9.47. The molecule has 0 aromatic carbocycles. The van der Waals surface area contributed by atoms with E-state index in [9.17, 15) is 5.11 Å². The summed E-state index contributed by atoms with van der Waals surface area (Å²) < 4.78 is 0. The van der Waals surface area contributed by atoms with E-state index in [1.165, 1.54) is 11.1 Å². The molecule has 2 N–H and O–H groups in total. The Balaban J connectivity index is 2.25. The number of rotatable bonds is 4. The largest absolute Gasteiger partial charge is 0.393 e. The van der Waals surface area contributed by atoms with E-state index < -0.39 is 0 Å². The van der Waals surface area contributed by atoms with Gasteiger partial charge in [0.05, 0.1) is 12.7 Å². The van der Waals surface area contributed by atoms with Crippen molar-refractivity contribution in [1.82, 2.24) is 0 Å². The molecule has 0 saturated heterocycles. The summed E-state index contributed by atoms with van der Waals surface area (Å²) in [6.45, 7) is 11.6. The summed E-state index contributed by atoms with van der Waals surface area (Å²) >= 11 is 0. The molecule has 0 aromatic rings. The van der Waals surface area contributed by atoms with Crippen LogP contribution >= 0.6 is 0 Å². The highest BCUT2D eigenvalue weighted by Crippen LogP contribution is 2.60. The molecule has 2 heteroatoms. The molecule has 0 amide bonds. The van der Waals surface area contributed by atoms with Crippen LogP contribution < -0.4 is 0 Å². The van der Waals surface area contributed by atoms with Gasteiger partial charge in [-0.05, 0) is 68.6 Å². The molecule has 2 rings (SSSR count). The Bertz CT molecular complexity index is 460. The fourth-order valence-corrected chi connectivity index (χ4v) is 5.49. The van der Waals surface area contributed by atoms with Gasteiger partial charge in [-0.15, -0.1) is 0 Å². The second-order valence-corrected chi connectivity index (χ2v) is 8.62. The van der Waals surface area contributed by atoms with E-state index >= 15 is 0 Å². The van der Waals surface area contributed by atoms with Crippen LogP contribution in [-0.2, 0) is 0 Å². The molecular weight excluding hydrogens is 272 g/mol. The molecule has 0 aliphatic heterocycles. The number of hydrogen-bond donors (Lipinski definition) is 2. The smallest absolute Gasteiger partial charge is 0.0614 e. The van der Waals surface area contributed by atoms with Gasteiger partial charge in [0.15, 0.2) is 0 Å². The minimum absolute atomic E-state index is 0.136. The van der Waals surface area contributed by atoms with Crippen LogP contribution in [0.1, 0.15) is 66.7 Å². The first-order valence-corrected chi connectivity index (χ1v) is 8.82. The van der Waals surface area contributed by atoms with E-state index in [2.05, 4.69) is 40.7 Å². The zero-order valence-corrected chi connectivity index (χ0v) is 15.0. The van der Waals surface area contributed by atoms with Gasteiger partial charge in [0.1, 0.15) is 0 Å². The molecule has 0 bridgehead atoms. The maximum Gasteiger partial charge on any atom is 0.0614 e. The number of fused-ring (bicyclic) bond motifs is 1. The molecular formula is C20H34O2. The lowest BCUT2D eigenvalue weighted by molar-refractivity contribution is -0.0952. The Hall–Kier alpha value is -0.600. The predicted molar refractivity (Wildman–Crippen MR) is 92.6 cm³/mol. The SMILES string of the molecule is CC1=CC[C@@H]2C(C)(C)C[C@@H](O)C[C@@]2(C)[C@@H]1CC/C(C)=C/CO. The highest BCUT2D eigenvalue weighted by molar-refractivity contribution is 5.19. The van der Waals surface area contributed by atoms with Crippen molar-refractivity contribution in [1.29, 1.82) is 0 Å². The van der Waals surface area contributed by atoms with Gasteiger partial charge < -0.3 is 10.2 Å². The molecule has 2 aliphatic rings. The zero-order valence-electron chi connectivity index (χ0n) is 15.0. The van der Waals surface area contributed by atoms with Crippen molar-refractivity contribution in [3.8, 4) is 0 Å². The molecule has 1 saturated carbocycles. The predicted octanol–water partition coefficient (Wildman–Crippen LogP) is 4.47. The quantitative estimate of drug-likeness (QED) is 0.752. The van der Waals surface area contributed by atoms with Crippen LogP contribution in [0, 0.1) is 22.7 Å². The Kier molecular flexibility index (Phi) is 5.23. The molecule has 0 spiro atoms. The molecule has 126 valence electrons. The Labute approximate surface area is 136 Å². The fourth-order valence-electron chi connectivity index (χ4n) is 5.49. The van der Waals surface area contributed by atoms with Crippen LogP contribution in [-0.4, -0.2) is 22.9 Å². The van der Waals surface area contributed by atoms with Crippen molar-refractivity contribution < 1.29 is 10.2 Å². The van der Waals surface area contributed by atoms with E-state index in [0.717, 1.165) is 32.1 Å². The third kappa shape index (κ3) is 3.33. The maximum absolute atomic E-state index is 10.5. The van der Waals surface area contributed by atoms with Gasteiger partial charge in [-0.1, -0.05) is 44.1 Å². The molecule has 4 atom stereocenters. The molecule has 0 heterocycles. The number of aliphatic hydroxyl groups excluding tert-OH is 2. The third-order valence-corrected chi connectivity index (χ3v) is 6.46. The van der Waals surface area contributed by atoms with Crippen molar-refractivity contribution in [3.05, 3.63) is 23.3 Å².